The third-order valence-corrected chi connectivity index (χ3v) is 5.73. The summed E-state index contributed by atoms with van der Waals surface area (Å²) in [7, 11) is 4.34. The number of aliphatic carboxylic acids is 1. The molecule has 0 aliphatic carbocycles. The van der Waals surface area contributed by atoms with Crippen LogP contribution in [0.4, 0.5) is 0 Å². The maximum absolute atomic E-state index is 11.9. The van der Waals surface area contributed by atoms with Crippen molar-refractivity contribution in [2.24, 2.45) is 0 Å². The van der Waals surface area contributed by atoms with Crippen molar-refractivity contribution in [3.63, 3.8) is 0 Å². The van der Waals surface area contributed by atoms with Crippen molar-refractivity contribution in [3.8, 4) is 34.3 Å². The summed E-state index contributed by atoms with van der Waals surface area (Å²) in [6.45, 7) is 0. The van der Waals surface area contributed by atoms with Gasteiger partial charge >= 0.3 is 11.9 Å². The fraction of sp³-hybridized carbons (Fsp3) is 0.120. The molecular formula is C25H20N2O8S. The molecule has 4 rings (SSSR count). The Morgan fingerprint density at radius 2 is 1.67 bits per heavy atom. The number of esters is 1. The number of furan rings is 1. The fourth-order valence-corrected chi connectivity index (χ4v) is 3.81. The number of carbonyl (C=O) groups excluding carboxylic acids is 1. The Morgan fingerprint density at radius 1 is 0.917 bits per heavy atom. The second-order valence-corrected chi connectivity index (χ2v) is 8.16. The number of methoxy groups -OCH3 is 3. The normalized spacial score (nSPS) is 11.2. The first-order chi connectivity index (χ1) is 17.4. The highest BCUT2D eigenvalue weighted by Crippen LogP contribution is 2.34. The number of hydrogen-bond acceptors (Lipinski definition) is 10. The lowest BCUT2D eigenvalue weighted by molar-refractivity contribution is -0.131. The Hall–Kier alpha value is -4.51. The Labute approximate surface area is 209 Å². The lowest BCUT2D eigenvalue weighted by Crippen LogP contribution is -2.00. The van der Waals surface area contributed by atoms with Crippen molar-refractivity contribution in [1.82, 2.24) is 10.2 Å². The molecule has 2 aromatic heterocycles. The summed E-state index contributed by atoms with van der Waals surface area (Å²) in [5, 5.41) is 17.7. The van der Waals surface area contributed by atoms with E-state index in [0.29, 0.717) is 33.9 Å². The summed E-state index contributed by atoms with van der Waals surface area (Å²) in [6, 6.07) is 15.1. The number of nitrogens with zero attached hydrogens (tertiary/aromatic N) is 2. The van der Waals surface area contributed by atoms with E-state index in [-0.39, 0.29) is 21.8 Å². The smallest absolute Gasteiger partial charge is 0.342 e. The van der Waals surface area contributed by atoms with Gasteiger partial charge in [0.2, 0.25) is 5.89 Å². The van der Waals surface area contributed by atoms with E-state index in [1.807, 2.05) is 0 Å². The number of carboxylic acids is 1. The highest BCUT2D eigenvalue weighted by molar-refractivity contribution is 8.03. The van der Waals surface area contributed by atoms with E-state index < -0.39 is 11.9 Å². The minimum absolute atomic E-state index is 0.0259. The number of hydrogen-bond donors (Lipinski definition) is 1. The first-order valence-electron chi connectivity index (χ1n) is 10.4. The summed E-state index contributed by atoms with van der Waals surface area (Å²) in [6.07, 6.45) is 1.35. The molecule has 0 saturated carbocycles. The lowest BCUT2D eigenvalue weighted by Gasteiger charge is -2.05. The van der Waals surface area contributed by atoms with Crippen LogP contribution in [0.2, 0.25) is 0 Å². The topological polar surface area (TPSA) is 134 Å². The molecule has 0 atom stereocenters. The van der Waals surface area contributed by atoms with Gasteiger partial charge in [-0.15, -0.1) is 10.2 Å². The molecule has 0 aliphatic rings. The van der Waals surface area contributed by atoms with E-state index in [1.54, 1.807) is 54.6 Å². The quantitative estimate of drug-likeness (QED) is 0.185. The van der Waals surface area contributed by atoms with Gasteiger partial charge in [0, 0.05) is 23.3 Å². The van der Waals surface area contributed by atoms with Gasteiger partial charge in [0.05, 0.1) is 26.9 Å². The van der Waals surface area contributed by atoms with E-state index in [4.69, 9.17) is 23.0 Å². The summed E-state index contributed by atoms with van der Waals surface area (Å²) in [5.74, 6) is 0.310. The minimum Gasteiger partial charge on any atom is -0.497 e. The zero-order valence-corrected chi connectivity index (χ0v) is 20.2. The van der Waals surface area contributed by atoms with Crippen LogP contribution in [0.15, 0.2) is 73.6 Å². The molecule has 36 heavy (non-hydrogen) atoms. The highest BCUT2D eigenvalue weighted by Gasteiger charge is 2.18. The number of ether oxygens (including phenoxy) is 3. The molecule has 2 aromatic carbocycles. The van der Waals surface area contributed by atoms with Gasteiger partial charge in [0.25, 0.3) is 5.22 Å². The largest absolute Gasteiger partial charge is 0.497 e. The molecule has 4 aromatic rings. The van der Waals surface area contributed by atoms with E-state index in [0.717, 1.165) is 11.8 Å². The van der Waals surface area contributed by atoms with Crippen molar-refractivity contribution in [1.29, 1.82) is 0 Å². The van der Waals surface area contributed by atoms with Crippen LogP contribution in [0.25, 0.3) is 28.9 Å². The molecule has 0 bridgehead atoms. The van der Waals surface area contributed by atoms with Crippen LogP contribution in [-0.4, -0.2) is 48.6 Å². The predicted octanol–water partition coefficient (Wildman–Crippen LogP) is 5.02. The molecule has 0 amide bonds. The van der Waals surface area contributed by atoms with Crippen LogP contribution in [0, 0.1) is 0 Å². The number of carboxylic acid groups (broad SMARTS) is 1. The monoisotopic (exact) mass is 508 g/mol. The third-order valence-electron chi connectivity index (χ3n) is 4.88. The number of benzene rings is 2. The number of carbonyl (C=O) groups is 2. The average Bonchev–Trinajstić information content (AvgIpc) is 3.57. The number of thioether (sulfide) groups is 1. The first kappa shape index (κ1) is 24.6. The van der Waals surface area contributed by atoms with Crippen LogP contribution >= 0.6 is 11.8 Å². The summed E-state index contributed by atoms with van der Waals surface area (Å²) in [5.41, 5.74) is 1.56. The first-order valence-corrected chi connectivity index (χ1v) is 11.2. The van der Waals surface area contributed by atoms with Crippen molar-refractivity contribution < 1.29 is 37.7 Å². The second-order valence-electron chi connectivity index (χ2n) is 7.16. The van der Waals surface area contributed by atoms with Crippen molar-refractivity contribution in [2.75, 3.05) is 21.3 Å². The van der Waals surface area contributed by atoms with Crippen molar-refractivity contribution >= 4 is 29.8 Å². The minimum atomic E-state index is -1.20. The highest BCUT2D eigenvalue weighted by atomic mass is 32.2. The number of aromatic nitrogens is 2. The van der Waals surface area contributed by atoms with Crippen LogP contribution < -0.4 is 9.47 Å². The van der Waals surface area contributed by atoms with Gasteiger partial charge in [-0.2, -0.15) is 0 Å². The van der Waals surface area contributed by atoms with Crippen LogP contribution in [-0.2, 0) is 9.53 Å². The molecule has 0 spiro atoms. The van der Waals surface area contributed by atoms with Crippen LogP contribution in [0.3, 0.4) is 0 Å². The van der Waals surface area contributed by atoms with Gasteiger partial charge in [0.1, 0.15) is 27.9 Å². The molecule has 2 heterocycles. The van der Waals surface area contributed by atoms with Crippen molar-refractivity contribution in [2.45, 2.75) is 5.22 Å². The van der Waals surface area contributed by atoms with Gasteiger partial charge < -0.3 is 28.2 Å². The second kappa shape index (κ2) is 10.8. The average molecular weight is 509 g/mol. The van der Waals surface area contributed by atoms with Crippen LogP contribution in [0.1, 0.15) is 16.1 Å². The third kappa shape index (κ3) is 5.58. The molecule has 0 unspecified atom stereocenters. The molecule has 0 aliphatic heterocycles. The van der Waals surface area contributed by atoms with Gasteiger partial charge in [-0.1, -0.05) is 12.1 Å². The van der Waals surface area contributed by atoms with E-state index in [2.05, 4.69) is 10.2 Å². The lowest BCUT2D eigenvalue weighted by atomic mass is 10.1. The van der Waals surface area contributed by atoms with E-state index in [9.17, 15) is 14.7 Å². The molecule has 184 valence electrons. The zero-order chi connectivity index (χ0) is 25.7. The predicted molar refractivity (Wildman–Crippen MR) is 130 cm³/mol. The molecule has 11 heteroatoms. The molecular weight excluding hydrogens is 488 g/mol. The Bertz CT molecular complexity index is 1420. The molecule has 1 N–H and O–H groups in total. The molecule has 0 fully saturated rings. The molecule has 0 radical (unpaired) electrons. The molecule has 0 saturated heterocycles. The van der Waals surface area contributed by atoms with Crippen LogP contribution in [0.5, 0.6) is 11.5 Å². The molecule has 10 nitrogen and oxygen atoms in total. The van der Waals surface area contributed by atoms with Gasteiger partial charge in [-0.25, -0.2) is 9.59 Å². The Balaban J connectivity index is 1.56. The SMILES string of the molecule is COC(=O)c1cccc(-c2ccc(/C=C(\Sc3nnc(-c4cc(OC)cc(OC)c4)o3)C(=O)O)o2)c1. The van der Waals surface area contributed by atoms with E-state index >= 15 is 0 Å². The van der Waals surface area contributed by atoms with Gasteiger partial charge in [-0.05, 0) is 48.2 Å². The van der Waals surface area contributed by atoms with Gasteiger partial charge in [0.15, 0.2) is 0 Å². The summed E-state index contributed by atoms with van der Waals surface area (Å²) >= 11 is 0.779. The fourth-order valence-electron chi connectivity index (χ4n) is 3.16. The summed E-state index contributed by atoms with van der Waals surface area (Å²) in [4.78, 5) is 23.6. The summed E-state index contributed by atoms with van der Waals surface area (Å²) < 4.78 is 26.7. The Morgan fingerprint density at radius 3 is 2.33 bits per heavy atom. The standard InChI is InChI=1S/C25H20N2O8S/c1-31-18-10-16(11-19(12-18)32-2)22-26-27-25(35-22)36-21(23(28)29)13-17-7-8-20(34-17)14-5-4-6-15(9-14)24(30)33-3/h4-13H,1-3H3,(H,28,29)/b21-13-. The van der Waals surface area contributed by atoms with Crippen molar-refractivity contribution in [3.05, 3.63) is 70.8 Å². The maximum Gasteiger partial charge on any atom is 0.342 e. The zero-order valence-electron chi connectivity index (χ0n) is 19.4. The Kier molecular flexibility index (Phi) is 7.40. The number of rotatable bonds is 9. The van der Waals surface area contributed by atoms with Gasteiger partial charge in [-0.3, -0.25) is 0 Å². The maximum atomic E-state index is 11.9. The van der Waals surface area contributed by atoms with E-state index in [1.165, 1.54) is 27.4 Å².